The highest BCUT2D eigenvalue weighted by Crippen LogP contribution is 2.49. The summed E-state index contributed by atoms with van der Waals surface area (Å²) in [7, 11) is 0. The second kappa shape index (κ2) is 3.97. The Balaban J connectivity index is 2.12. The molecule has 92 valence electrons. The average molecular weight is 230 g/mol. The first-order chi connectivity index (χ1) is 7.83. The monoisotopic (exact) mass is 230 g/mol. The van der Waals surface area contributed by atoms with Gasteiger partial charge in [0, 0.05) is 5.41 Å². The summed E-state index contributed by atoms with van der Waals surface area (Å²) >= 11 is 0. The van der Waals surface area contributed by atoms with Crippen molar-refractivity contribution in [2.75, 3.05) is 0 Å². The third-order valence-electron chi connectivity index (χ3n) is 3.96. The lowest BCUT2D eigenvalue weighted by Crippen LogP contribution is -2.15. The van der Waals surface area contributed by atoms with E-state index in [-0.39, 0.29) is 10.8 Å². The second-order valence-corrected chi connectivity index (χ2v) is 6.46. The van der Waals surface area contributed by atoms with E-state index in [1.165, 1.54) is 11.1 Å². The van der Waals surface area contributed by atoms with Crippen molar-refractivity contribution in [2.24, 2.45) is 5.41 Å². The van der Waals surface area contributed by atoms with E-state index in [4.69, 9.17) is 0 Å². The summed E-state index contributed by atoms with van der Waals surface area (Å²) < 4.78 is 0. The molecule has 0 saturated heterocycles. The van der Waals surface area contributed by atoms with Crippen molar-refractivity contribution in [2.45, 2.75) is 52.4 Å². The molecule has 0 amide bonds. The molecule has 1 saturated carbocycles. The average Bonchev–Trinajstić information content (AvgIpc) is 2.98. The van der Waals surface area contributed by atoms with Crippen molar-refractivity contribution >= 4 is 5.78 Å². The molecule has 1 heteroatoms. The number of hydrogen-bond acceptors (Lipinski definition) is 1. The van der Waals surface area contributed by atoms with Gasteiger partial charge in [0.05, 0.1) is 0 Å². The Morgan fingerprint density at radius 2 is 1.71 bits per heavy atom. The minimum atomic E-state index is -0.0107. The number of ketones is 1. The first-order valence-electron chi connectivity index (χ1n) is 6.44. The summed E-state index contributed by atoms with van der Waals surface area (Å²) in [6, 6.07) is 8.77. The Bertz CT molecular complexity index is 416. The van der Waals surface area contributed by atoms with Crippen LogP contribution in [0.1, 0.15) is 51.7 Å². The molecule has 0 heterocycles. The maximum Gasteiger partial charge on any atom is 0.136 e. The molecular weight excluding hydrogens is 208 g/mol. The Hall–Kier alpha value is -1.11. The van der Waals surface area contributed by atoms with Crippen molar-refractivity contribution in [3.63, 3.8) is 0 Å². The molecule has 0 atom stereocenters. The summed E-state index contributed by atoms with van der Waals surface area (Å²) in [5, 5.41) is 0. The largest absolute Gasteiger partial charge is 0.299 e. The fraction of sp³-hybridized carbons (Fsp3) is 0.562. The molecule has 2 rings (SSSR count). The molecule has 1 aromatic carbocycles. The number of carbonyl (C=O) groups excluding carboxylic acids is 1. The normalized spacial score (nSPS) is 17.9. The van der Waals surface area contributed by atoms with Crippen LogP contribution in [0, 0.1) is 5.41 Å². The third-order valence-corrected chi connectivity index (χ3v) is 3.96. The summed E-state index contributed by atoms with van der Waals surface area (Å²) in [5.74, 6) is 0.359. The lowest BCUT2D eigenvalue weighted by Gasteiger charge is -2.19. The topological polar surface area (TPSA) is 17.1 Å². The SMILES string of the molecule is CC(=O)C1(Cc2ccc(C(C)(C)C)cc2)CC1. The second-order valence-electron chi connectivity index (χ2n) is 6.46. The highest BCUT2D eigenvalue weighted by atomic mass is 16.1. The maximum atomic E-state index is 11.6. The lowest BCUT2D eigenvalue weighted by molar-refractivity contribution is -0.121. The van der Waals surface area contributed by atoms with Gasteiger partial charge in [0.2, 0.25) is 0 Å². The van der Waals surface area contributed by atoms with Crippen molar-refractivity contribution in [3.05, 3.63) is 35.4 Å². The van der Waals surface area contributed by atoms with Crippen LogP contribution in [0.25, 0.3) is 0 Å². The number of hydrogen-bond donors (Lipinski definition) is 0. The molecule has 17 heavy (non-hydrogen) atoms. The first kappa shape index (κ1) is 12.3. The zero-order valence-electron chi connectivity index (χ0n) is 11.3. The smallest absolute Gasteiger partial charge is 0.136 e. The van der Waals surface area contributed by atoms with Gasteiger partial charge in [-0.1, -0.05) is 45.0 Å². The van der Waals surface area contributed by atoms with Crippen LogP contribution in [0.3, 0.4) is 0 Å². The molecule has 0 N–H and O–H groups in total. The Morgan fingerprint density at radius 3 is 2.06 bits per heavy atom. The van der Waals surface area contributed by atoms with Crippen LogP contribution in [0.2, 0.25) is 0 Å². The molecule has 1 nitrogen and oxygen atoms in total. The Kier molecular flexibility index (Phi) is 2.89. The van der Waals surface area contributed by atoms with Gasteiger partial charge in [0.1, 0.15) is 5.78 Å². The van der Waals surface area contributed by atoms with Crippen LogP contribution in [0.15, 0.2) is 24.3 Å². The van der Waals surface area contributed by atoms with Crippen molar-refractivity contribution < 1.29 is 4.79 Å². The number of benzene rings is 1. The minimum absolute atomic E-state index is 0.0107. The molecule has 0 aliphatic heterocycles. The van der Waals surface area contributed by atoms with E-state index >= 15 is 0 Å². The van der Waals surface area contributed by atoms with E-state index in [9.17, 15) is 4.79 Å². The van der Waals surface area contributed by atoms with Gasteiger partial charge in [-0.3, -0.25) is 4.79 Å². The van der Waals surface area contributed by atoms with Gasteiger partial charge in [-0.05, 0) is 42.7 Å². The molecular formula is C16H22O. The van der Waals surface area contributed by atoms with Crippen LogP contribution >= 0.6 is 0 Å². The molecule has 0 spiro atoms. The molecule has 1 aliphatic rings. The van der Waals surface area contributed by atoms with Gasteiger partial charge in [-0.25, -0.2) is 0 Å². The van der Waals surface area contributed by atoms with Crippen LogP contribution in [-0.2, 0) is 16.6 Å². The van der Waals surface area contributed by atoms with Crippen LogP contribution in [-0.4, -0.2) is 5.78 Å². The van der Waals surface area contributed by atoms with Gasteiger partial charge in [0.25, 0.3) is 0 Å². The first-order valence-corrected chi connectivity index (χ1v) is 6.44. The minimum Gasteiger partial charge on any atom is -0.299 e. The predicted molar refractivity (Wildman–Crippen MR) is 71.2 cm³/mol. The molecule has 0 aromatic heterocycles. The summed E-state index contributed by atoms with van der Waals surface area (Å²) in [6.07, 6.45) is 3.07. The fourth-order valence-electron chi connectivity index (χ4n) is 2.32. The van der Waals surface area contributed by atoms with Crippen LogP contribution in [0.5, 0.6) is 0 Å². The van der Waals surface area contributed by atoms with Crippen molar-refractivity contribution in [3.8, 4) is 0 Å². The lowest BCUT2D eigenvalue weighted by atomic mass is 9.85. The zero-order valence-corrected chi connectivity index (χ0v) is 11.3. The molecule has 0 bridgehead atoms. The number of Topliss-reactive ketones (excluding diaryl/α,β-unsaturated/α-hetero) is 1. The Labute approximate surface area is 104 Å². The molecule has 1 aromatic rings. The molecule has 1 aliphatic carbocycles. The van der Waals surface area contributed by atoms with Crippen LogP contribution in [0.4, 0.5) is 0 Å². The fourth-order valence-corrected chi connectivity index (χ4v) is 2.32. The highest BCUT2D eigenvalue weighted by Gasteiger charge is 2.46. The maximum absolute atomic E-state index is 11.6. The van der Waals surface area contributed by atoms with Gasteiger partial charge in [-0.2, -0.15) is 0 Å². The zero-order chi connectivity index (χ0) is 12.7. The van der Waals surface area contributed by atoms with E-state index in [1.807, 2.05) is 0 Å². The van der Waals surface area contributed by atoms with Gasteiger partial charge >= 0.3 is 0 Å². The van der Waals surface area contributed by atoms with Gasteiger partial charge in [-0.15, -0.1) is 0 Å². The summed E-state index contributed by atoms with van der Waals surface area (Å²) in [4.78, 5) is 11.6. The summed E-state index contributed by atoms with van der Waals surface area (Å²) in [6.45, 7) is 8.40. The van der Waals surface area contributed by atoms with Gasteiger partial charge < -0.3 is 0 Å². The van der Waals surface area contributed by atoms with Crippen molar-refractivity contribution in [1.82, 2.24) is 0 Å². The number of rotatable bonds is 3. The standard InChI is InChI=1S/C16H22O/c1-12(17)16(9-10-16)11-13-5-7-14(8-6-13)15(2,3)4/h5-8H,9-11H2,1-4H3. The van der Waals surface area contributed by atoms with E-state index in [1.54, 1.807) is 6.92 Å². The van der Waals surface area contributed by atoms with Gasteiger partial charge in [0.15, 0.2) is 0 Å². The van der Waals surface area contributed by atoms with E-state index in [0.717, 1.165) is 19.3 Å². The Morgan fingerprint density at radius 1 is 1.18 bits per heavy atom. The quantitative estimate of drug-likeness (QED) is 0.769. The third kappa shape index (κ3) is 2.59. The predicted octanol–water partition coefficient (Wildman–Crippen LogP) is 3.90. The highest BCUT2D eigenvalue weighted by molar-refractivity contribution is 5.85. The van der Waals surface area contributed by atoms with E-state index < -0.39 is 0 Å². The van der Waals surface area contributed by atoms with Crippen LogP contribution < -0.4 is 0 Å². The molecule has 0 radical (unpaired) electrons. The van der Waals surface area contributed by atoms with Crippen molar-refractivity contribution in [1.29, 1.82) is 0 Å². The molecule has 1 fully saturated rings. The number of carbonyl (C=O) groups is 1. The van der Waals surface area contributed by atoms with E-state index in [0.29, 0.717) is 5.78 Å². The van der Waals surface area contributed by atoms with E-state index in [2.05, 4.69) is 45.0 Å². The molecule has 0 unspecified atom stereocenters. The summed E-state index contributed by atoms with van der Waals surface area (Å²) in [5.41, 5.74) is 2.85.